The van der Waals surface area contributed by atoms with Crippen molar-refractivity contribution in [2.45, 2.75) is 13.5 Å². The molecule has 1 aliphatic heterocycles. The zero-order valence-corrected chi connectivity index (χ0v) is 14.3. The lowest BCUT2D eigenvalue weighted by atomic mass is 10.1. The number of nitrogens with zero attached hydrogens (tertiary/aromatic N) is 2. The summed E-state index contributed by atoms with van der Waals surface area (Å²) >= 11 is 0. The summed E-state index contributed by atoms with van der Waals surface area (Å²) in [5, 5.41) is 0.860. The number of aryl methyl sites for hydroxylation is 1. The van der Waals surface area contributed by atoms with E-state index in [1.54, 1.807) is 10.8 Å². The summed E-state index contributed by atoms with van der Waals surface area (Å²) in [6.45, 7) is 2.47. The molecule has 0 saturated heterocycles. The van der Waals surface area contributed by atoms with E-state index in [0.717, 1.165) is 22.2 Å². The molecule has 26 heavy (non-hydrogen) atoms. The summed E-state index contributed by atoms with van der Waals surface area (Å²) < 4.78 is 7.86. The minimum absolute atomic E-state index is 0.0852. The maximum atomic E-state index is 12.9. The Morgan fingerprint density at radius 1 is 1.00 bits per heavy atom. The lowest BCUT2D eigenvalue weighted by molar-refractivity contribution is 0.0965. The van der Waals surface area contributed by atoms with Gasteiger partial charge in [0.1, 0.15) is 23.6 Å². The van der Waals surface area contributed by atoms with Crippen molar-refractivity contribution < 1.29 is 9.53 Å². The molecular formula is C22H16N2O2. The van der Waals surface area contributed by atoms with Crippen molar-refractivity contribution in [3.63, 3.8) is 0 Å². The summed E-state index contributed by atoms with van der Waals surface area (Å²) in [6.07, 6.45) is 1.77. The predicted molar refractivity (Wildman–Crippen MR) is 100 cm³/mol. The van der Waals surface area contributed by atoms with Gasteiger partial charge in [-0.15, -0.1) is 0 Å². The molecule has 126 valence electrons. The molecule has 3 heterocycles. The Hall–Kier alpha value is -3.40. The van der Waals surface area contributed by atoms with Gasteiger partial charge in [0.25, 0.3) is 5.91 Å². The summed E-state index contributed by atoms with van der Waals surface area (Å²) in [4.78, 5) is 17.7. The molecule has 0 N–H and O–H groups in total. The van der Waals surface area contributed by atoms with Crippen LogP contribution in [0, 0.1) is 6.92 Å². The highest BCUT2D eigenvalue weighted by Gasteiger charge is 2.32. The van der Waals surface area contributed by atoms with E-state index in [4.69, 9.17) is 9.72 Å². The molecule has 4 heteroatoms. The van der Waals surface area contributed by atoms with Crippen LogP contribution in [0.25, 0.3) is 22.3 Å². The normalized spacial score (nSPS) is 12.3. The molecule has 2 aromatic carbocycles. The average Bonchev–Trinajstić information content (AvgIpc) is 3.24. The van der Waals surface area contributed by atoms with Crippen molar-refractivity contribution in [1.29, 1.82) is 0 Å². The van der Waals surface area contributed by atoms with E-state index in [1.807, 2.05) is 54.6 Å². The molecule has 0 saturated carbocycles. The summed E-state index contributed by atoms with van der Waals surface area (Å²) in [7, 11) is 0. The standard InChI is InChI=1S/C22H16N2O2/c1-14-7-2-3-8-15(14)13-26-21-16-9-4-5-10-17(16)23-20-18-11-6-12-24(18)22(25)19(20)21/h2-12H,13H2,1H3. The van der Waals surface area contributed by atoms with E-state index in [9.17, 15) is 4.79 Å². The van der Waals surface area contributed by atoms with Gasteiger partial charge in [0.2, 0.25) is 0 Å². The third kappa shape index (κ3) is 2.09. The van der Waals surface area contributed by atoms with Gasteiger partial charge in [-0.05, 0) is 42.3 Å². The summed E-state index contributed by atoms with van der Waals surface area (Å²) in [5.41, 5.74) is 5.16. The minimum Gasteiger partial charge on any atom is -0.487 e. The van der Waals surface area contributed by atoms with Crippen LogP contribution in [0.5, 0.6) is 5.75 Å². The maximum Gasteiger partial charge on any atom is 0.268 e. The number of pyridine rings is 1. The first kappa shape index (κ1) is 14.9. The third-order valence-corrected chi connectivity index (χ3v) is 4.90. The van der Waals surface area contributed by atoms with Gasteiger partial charge in [-0.1, -0.05) is 36.4 Å². The van der Waals surface area contributed by atoms with E-state index in [0.29, 0.717) is 23.6 Å². The molecular weight excluding hydrogens is 324 g/mol. The Labute approximate surface area is 150 Å². The van der Waals surface area contributed by atoms with Gasteiger partial charge in [0, 0.05) is 11.6 Å². The summed E-state index contributed by atoms with van der Waals surface area (Å²) in [6, 6.07) is 19.7. The Morgan fingerprint density at radius 2 is 1.81 bits per heavy atom. The second kappa shape index (κ2) is 5.56. The van der Waals surface area contributed by atoms with Gasteiger partial charge in [-0.3, -0.25) is 9.36 Å². The fourth-order valence-electron chi connectivity index (χ4n) is 3.51. The SMILES string of the molecule is Cc1ccccc1COc1c2c(nc3ccccc13)-c1cccn1C2=O. The highest BCUT2D eigenvalue weighted by molar-refractivity contribution is 6.13. The van der Waals surface area contributed by atoms with Gasteiger partial charge in [-0.2, -0.15) is 0 Å². The lowest BCUT2D eigenvalue weighted by Gasteiger charge is -2.14. The highest BCUT2D eigenvalue weighted by atomic mass is 16.5. The molecule has 2 aromatic heterocycles. The van der Waals surface area contributed by atoms with Crippen LogP contribution in [0.3, 0.4) is 0 Å². The van der Waals surface area contributed by atoms with Crippen molar-refractivity contribution in [3.05, 3.63) is 83.6 Å². The fourth-order valence-corrected chi connectivity index (χ4v) is 3.51. The number of ether oxygens (including phenoxy) is 1. The third-order valence-electron chi connectivity index (χ3n) is 4.90. The minimum atomic E-state index is -0.0852. The second-order valence-corrected chi connectivity index (χ2v) is 6.47. The number of carbonyl (C=O) groups excluding carboxylic acids is 1. The van der Waals surface area contributed by atoms with E-state index in [-0.39, 0.29) is 5.91 Å². The molecule has 4 aromatic rings. The van der Waals surface area contributed by atoms with Crippen molar-refractivity contribution in [2.24, 2.45) is 0 Å². The quantitative estimate of drug-likeness (QED) is 0.482. The number of carbonyl (C=O) groups is 1. The molecule has 0 aliphatic carbocycles. The number of rotatable bonds is 3. The Balaban J connectivity index is 1.69. The average molecular weight is 340 g/mol. The zero-order chi connectivity index (χ0) is 17.7. The topological polar surface area (TPSA) is 44.1 Å². The van der Waals surface area contributed by atoms with Crippen LogP contribution in [-0.4, -0.2) is 15.5 Å². The number of hydrogen-bond acceptors (Lipinski definition) is 3. The second-order valence-electron chi connectivity index (χ2n) is 6.47. The number of fused-ring (bicyclic) bond motifs is 4. The molecule has 4 nitrogen and oxygen atoms in total. The number of aromatic nitrogens is 2. The number of hydrogen-bond donors (Lipinski definition) is 0. The van der Waals surface area contributed by atoms with Crippen LogP contribution >= 0.6 is 0 Å². The van der Waals surface area contributed by atoms with Crippen LogP contribution in [0.4, 0.5) is 0 Å². The van der Waals surface area contributed by atoms with Gasteiger partial charge >= 0.3 is 0 Å². The highest BCUT2D eigenvalue weighted by Crippen LogP contribution is 2.40. The molecule has 0 fully saturated rings. The molecule has 0 radical (unpaired) electrons. The molecule has 0 bridgehead atoms. The molecule has 0 spiro atoms. The van der Waals surface area contributed by atoms with Crippen molar-refractivity contribution >= 4 is 16.8 Å². The number of para-hydroxylation sites is 1. The van der Waals surface area contributed by atoms with Crippen LogP contribution in [0.1, 0.15) is 21.5 Å². The molecule has 0 atom stereocenters. The van der Waals surface area contributed by atoms with Gasteiger partial charge in [0.05, 0.1) is 11.2 Å². The molecule has 0 unspecified atom stereocenters. The van der Waals surface area contributed by atoms with E-state index >= 15 is 0 Å². The maximum absolute atomic E-state index is 12.9. The zero-order valence-electron chi connectivity index (χ0n) is 14.3. The molecule has 1 aliphatic rings. The Kier molecular flexibility index (Phi) is 3.19. The van der Waals surface area contributed by atoms with Crippen molar-refractivity contribution in [2.75, 3.05) is 0 Å². The van der Waals surface area contributed by atoms with Crippen molar-refractivity contribution in [1.82, 2.24) is 9.55 Å². The first-order valence-electron chi connectivity index (χ1n) is 8.56. The number of benzene rings is 2. The monoisotopic (exact) mass is 340 g/mol. The largest absolute Gasteiger partial charge is 0.487 e. The van der Waals surface area contributed by atoms with Gasteiger partial charge < -0.3 is 4.74 Å². The van der Waals surface area contributed by atoms with Gasteiger partial charge in [-0.25, -0.2) is 4.98 Å². The van der Waals surface area contributed by atoms with E-state index in [1.165, 1.54) is 5.56 Å². The lowest BCUT2D eigenvalue weighted by Crippen LogP contribution is -2.08. The fraction of sp³-hybridized carbons (Fsp3) is 0.0909. The van der Waals surface area contributed by atoms with Crippen LogP contribution in [0.15, 0.2) is 66.9 Å². The first-order valence-corrected chi connectivity index (χ1v) is 8.56. The smallest absolute Gasteiger partial charge is 0.268 e. The Bertz CT molecular complexity index is 1170. The Morgan fingerprint density at radius 3 is 2.69 bits per heavy atom. The van der Waals surface area contributed by atoms with Crippen molar-refractivity contribution in [3.8, 4) is 17.1 Å². The van der Waals surface area contributed by atoms with E-state index < -0.39 is 0 Å². The van der Waals surface area contributed by atoms with Crippen LogP contribution < -0.4 is 4.74 Å². The molecule has 0 amide bonds. The van der Waals surface area contributed by atoms with E-state index in [2.05, 4.69) is 13.0 Å². The molecule has 5 rings (SSSR count). The van der Waals surface area contributed by atoms with Crippen LogP contribution in [-0.2, 0) is 6.61 Å². The first-order chi connectivity index (χ1) is 12.7. The predicted octanol–water partition coefficient (Wildman–Crippen LogP) is 4.59. The van der Waals surface area contributed by atoms with Crippen LogP contribution in [0.2, 0.25) is 0 Å². The van der Waals surface area contributed by atoms with Gasteiger partial charge in [0.15, 0.2) is 0 Å². The summed E-state index contributed by atoms with van der Waals surface area (Å²) in [5.74, 6) is 0.528.